The summed E-state index contributed by atoms with van der Waals surface area (Å²) in [6, 6.07) is 45.3. The van der Waals surface area contributed by atoms with Gasteiger partial charge in [-0.25, -0.2) is 4.98 Å². The van der Waals surface area contributed by atoms with E-state index in [9.17, 15) is 0 Å². The number of fused-ring (bicyclic) bond motifs is 8. The molecule has 0 unspecified atom stereocenters. The molecule has 0 saturated heterocycles. The predicted octanol–water partition coefficient (Wildman–Crippen LogP) is 10.2. The van der Waals surface area contributed by atoms with Crippen LogP contribution >= 0.6 is 22.7 Å². The number of para-hydroxylation sites is 4. The molecule has 3 nitrogen and oxygen atoms in total. The molecular formula is C35H21N3S2. The largest absolute Gasteiger partial charge is 0.301 e. The van der Waals surface area contributed by atoms with Gasteiger partial charge in [-0.3, -0.25) is 4.57 Å². The minimum Gasteiger partial charge on any atom is -0.301 e. The fourth-order valence-corrected chi connectivity index (χ4v) is 8.82. The first-order valence-electron chi connectivity index (χ1n) is 13.3. The van der Waals surface area contributed by atoms with E-state index < -0.39 is 0 Å². The van der Waals surface area contributed by atoms with Crippen molar-refractivity contribution >= 4 is 74.3 Å². The van der Waals surface area contributed by atoms with E-state index in [2.05, 4.69) is 137 Å². The molecule has 5 heteroatoms. The summed E-state index contributed by atoms with van der Waals surface area (Å²) in [5.74, 6) is 0.956. The van der Waals surface area contributed by atoms with Gasteiger partial charge in [-0.2, -0.15) is 0 Å². The number of thiophene rings is 2. The Kier molecular flexibility index (Phi) is 4.65. The SMILES string of the molecule is c1ccc(-n2c(-c3ccc4c(c3)c3c5sc6ccccc6c5sc3n4-c3ccccc3)nc3ccccc32)cc1. The Bertz CT molecular complexity index is 2370. The van der Waals surface area contributed by atoms with Crippen molar-refractivity contribution in [2.24, 2.45) is 0 Å². The first kappa shape index (κ1) is 22.1. The van der Waals surface area contributed by atoms with Crippen molar-refractivity contribution in [3.63, 3.8) is 0 Å². The van der Waals surface area contributed by atoms with Gasteiger partial charge in [0.05, 0.1) is 25.9 Å². The lowest BCUT2D eigenvalue weighted by Gasteiger charge is -2.10. The Morgan fingerprint density at radius 1 is 0.525 bits per heavy atom. The second-order valence-corrected chi connectivity index (χ2v) is 12.1. The highest BCUT2D eigenvalue weighted by Gasteiger charge is 2.22. The highest BCUT2D eigenvalue weighted by atomic mass is 32.1. The van der Waals surface area contributed by atoms with Crippen molar-refractivity contribution in [2.75, 3.05) is 0 Å². The average molecular weight is 548 g/mol. The quantitative estimate of drug-likeness (QED) is 0.216. The number of aromatic nitrogens is 3. The molecule has 0 N–H and O–H groups in total. The zero-order valence-electron chi connectivity index (χ0n) is 21.3. The maximum absolute atomic E-state index is 5.16. The summed E-state index contributed by atoms with van der Waals surface area (Å²) in [7, 11) is 0. The van der Waals surface area contributed by atoms with Crippen LogP contribution in [0.25, 0.3) is 74.4 Å². The number of hydrogen-bond acceptors (Lipinski definition) is 3. The van der Waals surface area contributed by atoms with Crippen LogP contribution in [0.15, 0.2) is 127 Å². The third-order valence-electron chi connectivity index (χ3n) is 7.75. The minimum absolute atomic E-state index is 0.956. The number of benzene rings is 5. The number of hydrogen-bond donors (Lipinski definition) is 0. The van der Waals surface area contributed by atoms with Gasteiger partial charge in [-0.05, 0) is 60.7 Å². The highest BCUT2D eigenvalue weighted by Crippen LogP contribution is 2.49. The van der Waals surface area contributed by atoms with Gasteiger partial charge in [0, 0.05) is 37.8 Å². The smallest absolute Gasteiger partial charge is 0.145 e. The van der Waals surface area contributed by atoms with E-state index in [0.29, 0.717) is 0 Å². The van der Waals surface area contributed by atoms with E-state index in [1.54, 1.807) is 0 Å². The Balaban J connectivity index is 1.40. The Labute approximate surface area is 237 Å². The fourth-order valence-electron chi connectivity index (χ4n) is 6.00. The first-order valence-corrected chi connectivity index (χ1v) is 15.0. The molecule has 0 aliphatic carbocycles. The molecule has 0 saturated carbocycles. The van der Waals surface area contributed by atoms with Crippen LogP contribution in [-0.2, 0) is 0 Å². The summed E-state index contributed by atoms with van der Waals surface area (Å²) < 4.78 is 8.80. The van der Waals surface area contributed by atoms with Crippen LogP contribution in [0.1, 0.15) is 0 Å². The van der Waals surface area contributed by atoms with Crippen LogP contribution in [0.4, 0.5) is 0 Å². The molecular weight excluding hydrogens is 527 g/mol. The van der Waals surface area contributed by atoms with Gasteiger partial charge in [-0.1, -0.05) is 66.7 Å². The van der Waals surface area contributed by atoms with Crippen LogP contribution < -0.4 is 0 Å². The standard InChI is InChI=1S/C35H21N3S2/c1-3-11-23(12-4-1)37-29-17-9-8-16-27(29)36-34(37)22-19-20-28-26(21-22)31-33-32(25-15-7-10-18-30(25)39-33)40-35(31)38(28)24-13-5-2-6-14-24/h1-21H. The van der Waals surface area contributed by atoms with Crippen molar-refractivity contribution in [2.45, 2.75) is 0 Å². The molecule has 5 aromatic carbocycles. The molecule has 4 heterocycles. The lowest BCUT2D eigenvalue weighted by atomic mass is 10.1. The molecule has 0 bridgehead atoms. The average Bonchev–Trinajstić information content (AvgIpc) is 3.75. The van der Waals surface area contributed by atoms with Crippen molar-refractivity contribution < 1.29 is 0 Å². The van der Waals surface area contributed by atoms with Crippen LogP contribution in [0.3, 0.4) is 0 Å². The Hall–Kier alpha value is -4.71. The molecule has 4 aromatic heterocycles. The summed E-state index contributed by atoms with van der Waals surface area (Å²) in [5, 5.41) is 3.95. The summed E-state index contributed by atoms with van der Waals surface area (Å²) in [6.07, 6.45) is 0. The first-order chi connectivity index (χ1) is 19.8. The van der Waals surface area contributed by atoms with Crippen LogP contribution in [-0.4, -0.2) is 14.1 Å². The minimum atomic E-state index is 0.956. The summed E-state index contributed by atoms with van der Waals surface area (Å²) in [6.45, 7) is 0. The third-order valence-corrected chi connectivity index (χ3v) is 10.3. The monoisotopic (exact) mass is 547 g/mol. The molecule has 0 atom stereocenters. The summed E-state index contributed by atoms with van der Waals surface area (Å²) in [5.41, 5.74) is 6.73. The van der Waals surface area contributed by atoms with E-state index >= 15 is 0 Å². The van der Waals surface area contributed by atoms with Crippen LogP contribution in [0, 0.1) is 0 Å². The second-order valence-electron chi connectivity index (χ2n) is 10.0. The lowest BCUT2D eigenvalue weighted by Crippen LogP contribution is -1.97. The molecule has 0 fully saturated rings. The molecule has 0 amide bonds. The van der Waals surface area contributed by atoms with E-state index in [1.807, 2.05) is 22.7 Å². The van der Waals surface area contributed by atoms with Crippen LogP contribution in [0.5, 0.6) is 0 Å². The van der Waals surface area contributed by atoms with Crippen molar-refractivity contribution in [1.82, 2.24) is 14.1 Å². The number of imidazole rings is 1. The molecule has 0 spiro atoms. The highest BCUT2D eigenvalue weighted by molar-refractivity contribution is 7.36. The molecule has 40 heavy (non-hydrogen) atoms. The van der Waals surface area contributed by atoms with E-state index in [4.69, 9.17) is 4.98 Å². The van der Waals surface area contributed by atoms with Crippen LogP contribution in [0.2, 0.25) is 0 Å². The van der Waals surface area contributed by atoms with E-state index in [-0.39, 0.29) is 0 Å². The predicted molar refractivity (Wildman–Crippen MR) is 172 cm³/mol. The Morgan fingerprint density at radius 3 is 2.05 bits per heavy atom. The number of rotatable bonds is 3. The molecule has 9 aromatic rings. The van der Waals surface area contributed by atoms with E-state index in [0.717, 1.165) is 28.1 Å². The third kappa shape index (κ3) is 3.07. The molecule has 188 valence electrons. The van der Waals surface area contributed by atoms with Gasteiger partial charge >= 0.3 is 0 Å². The van der Waals surface area contributed by atoms with E-state index in [1.165, 1.54) is 46.3 Å². The molecule has 0 aliphatic heterocycles. The zero-order chi connectivity index (χ0) is 26.2. The van der Waals surface area contributed by atoms with Gasteiger partial charge in [-0.15, -0.1) is 22.7 Å². The second kappa shape index (κ2) is 8.39. The maximum Gasteiger partial charge on any atom is 0.145 e. The van der Waals surface area contributed by atoms with Gasteiger partial charge in [0.15, 0.2) is 0 Å². The maximum atomic E-state index is 5.16. The summed E-state index contributed by atoms with van der Waals surface area (Å²) >= 11 is 3.81. The fraction of sp³-hybridized carbons (Fsp3) is 0. The lowest BCUT2D eigenvalue weighted by molar-refractivity contribution is 1.10. The van der Waals surface area contributed by atoms with Crippen molar-refractivity contribution in [3.05, 3.63) is 127 Å². The summed E-state index contributed by atoms with van der Waals surface area (Å²) in [4.78, 5) is 6.45. The normalized spacial score (nSPS) is 12.0. The zero-order valence-corrected chi connectivity index (χ0v) is 22.9. The topological polar surface area (TPSA) is 22.8 Å². The van der Waals surface area contributed by atoms with Crippen molar-refractivity contribution in [3.8, 4) is 22.8 Å². The molecule has 9 rings (SSSR count). The van der Waals surface area contributed by atoms with Gasteiger partial charge < -0.3 is 4.57 Å². The molecule has 0 radical (unpaired) electrons. The van der Waals surface area contributed by atoms with Gasteiger partial charge in [0.25, 0.3) is 0 Å². The van der Waals surface area contributed by atoms with Crippen molar-refractivity contribution in [1.29, 1.82) is 0 Å². The molecule has 0 aliphatic rings. The Morgan fingerprint density at radius 2 is 1.23 bits per heavy atom. The van der Waals surface area contributed by atoms with Gasteiger partial charge in [0.2, 0.25) is 0 Å². The van der Waals surface area contributed by atoms with Gasteiger partial charge in [0.1, 0.15) is 10.7 Å². The number of nitrogens with zero attached hydrogens (tertiary/aromatic N) is 3.